The van der Waals surface area contributed by atoms with Crippen LogP contribution in [0.2, 0.25) is 0 Å². The highest BCUT2D eigenvalue weighted by Crippen LogP contribution is 2.23. The lowest BCUT2D eigenvalue weighted by Crippen LogP contribution is -2.03. The van der Waals surface area contributed by atoms with Gasteiger partial charge in [-0.05, 0) is 6.07 Å². The Kier molecular flexibility index (Phi) is 3.48. The molecule has 0 fully saturated rings. The van der Waals surface area contributed by atoms with Gasteiger partial charge in [-0.3, -0.25) is 4.98 Å². The first-order valence-electron chi connectivity index (χ1n) is 4.79. The van der Waals surface area contributed by atoms with Crippen molar-refractivity contribution in [3.63, 3.8) is 0 Å². The monoisotopic (exact) mass is 238 g/mol. The smallest absolute Gasteiger partial charge is 0.165 e. The van der Waals surface area contributed by atoms with Crippen LogP contribution in [0.25, 0.3) is 0 Å². The number of halogens is 1. The van der Waals surface area contributed by atoms with Gasteiger partial charge in [0.05, 0.1) is 10.4 Å². The molecule has 0 amide bonds. The first-order chi connectivity index (χ1) is 7.81. The van der Waals surface area contributed by atoms with Gasteiger partial charge >= 0.3 is 0 Å². The van der Waals surface area contributed by atoms with E-state index >= 15 is 0 Å². The van der Waals surface area contributed by atoms with E-state index in [9.17, 15) is 4.39 Å². The van der Waals surface area contributed by atoms with Crippen LogP contribution in [0.15, 0.2) is 29.9 Å². The standard InChI is InChI=1S/C11H11FN2OS/c12-10-3-1-2-8(4-13)11(10)15-6-9-5-14-7-16-9/h1-3,5,7H,4,6,13H2. The van der Waals surface area contributed by atoms with Crippen molar-refractivity contribution in [3.05, 3.63) is 46.2 Å². The first-order valence-corrected chi connectivity index (χ1v) is 5.67. The van der Waals surface area contributed by atoms with Gasteiger partial charge in [0.2, 0.25) is 0 Å². The molecule has 0 unspecified atom stereocenters. The van der Waals surface area contributed by atoms with Gasteiger partial charge in [0.25, 0.3) is 0 Å². The Hall–Kier alpha value is -1.46. The van der Waals surface area contributed by atoms with Crippen molar-refractivity contribution in [2.75, 3.05) is 0 Å². The average Bonchev–Trinajstić information content (AvgIpc) is 2.80. The van der Waals surface area contributed by atoms with Gasteiger partial charge in [-0.15, -0.1) is 11.3 Å². The zero-order chi connectivity index (χ0) is 11.4. The normalized spacial score (nSPS) is 10.4. The largest absolute Gasteiger partial charge is 0.485 e. The number of para-hydroxylation sites is 1. The molecule has 0 aliphatic carbocycles. The van der Waals surface area contributed by atoms with Gasteiger partial charge in [-0.2, -0.15) is 0 Å². The maximum absolute atomic E-state index is 13.5. The molecule has 1 aromatic heterocycles. The molecule has 84 valence electrons. The number of nitrogens with zero attached hydrogens (tertiary/aromatic N) is 1. The molecule has 0 aliphatic heterocycles. The summed E-state index contributed by atoms with van der Waals surface area (Å²) < 4.78 is 18.9. The molecule has 2 N–H and O–H groups in total. The van der Waals surface area contributed by atoms with Gasteiger partial charge < -0.3 is 10.5 Å². The Labute approximate surface area is 96.7 Å². The summed E-state index contributed by atoms with van der Waals surface area (Å²) in [6.07, 6.45) is 1.70. The molecule has 0 radical (unpaired) electrons. The molecular weight excluding hydrogens is 227 g/mol. The van der Waals surface area contributed by atoms with Crippen LogP contribution in [0.4, 0.5) is 4.39 Å². The number of thiazole rings is 1. The summed E-state index contributed by atoms with van der Waals surface area (Å²) in [6.45, 7) is 0.578. The second kappa shape index (κ2) is 5.05. The fourth-order valence-corrected chi connectivity index (χ4v) is 1.84. The predicted molar refractivity (Wildman–Crippen MR) is 60.7 cm³/mol. The fourth-order valence-electron chi connectivity index (χ4n) is 1.33. The van der Waals surface area contributed by atoms with Crippen molar-refractivity contribution in [1.82, 2.24) is 4.98 Å². The Morgan fingerprint density at radius 2 is 2.31 bits per heavy atom. The van der Waals surface area contributed by atoms with E-state index in [1.807, 2.05) is 0 Å². The molecule has 0 saturated carbocycles. The van der Waals surface area contributed by atoms with Crippen LogP contribution in [0.3, 0.4) is 0 Å². The molecule has 0 saturated heterocycles. The molecule has 0 bridgehead atoms. The second-order valence-electron chi connectivity index (χ2n) is 3.19. The van der Waals surface area contributed by atoms with Crippen LogP contribution in [-0.2, 0) is 13.2 Å². The highest BCUT2D eigenvalue weighted by Gasteiger charge is 2.08. The van der Waals surface area contributed by atoms with Crippen molar-refractivity contribution in [2.24, 2.45) is 5.73 Å². The third kappa shape index (κ3) is 2.37. The molecule has 16 heavy (non-hydrogen) atoms. The van der Waals surface area contributed by atoms with Gasteiger partial charge in [0, 0.05) is 18.3 Å². The van der Waals surface area contributed by atoms with E-state index in [4.69, 9.17) is 10.5 Å². The number of ether oxygens (including phenoxy) is 1. The van der Waals surface area contributed by atoms with Crippen LogP contribution in [0.5, 0.6) is 5.75 Å². The van der Waals surface area contributed by atoms with Crippen LogP contribution in [0, 0.1) is 5.82 Å². The summed E-state index contributed by atoms with van der Waals surface area (Å²) in [5.41, 5.74) is 7.90. The maximum Gasteiger partial charge on any atom is 0.165 e. The summed E-state index contributed by atoms with van der Waals surface area (Å²) in [6, 6.07) is 4.74. The average molecular weight is 238 g/mol. The fraction of sp³-hybridized carbons (Fsp3) is 0.182. The lowest BCUT2D eigenvalue weighted by atomic mass is 10.2. The third-order valence-electron chi connectivity index (χ3n) is 2.11. The summed E-state index contributed by atoms with van der Waals surface area (Å²) >= 11 is 1.47. The maximum atomic E-state index is 13.5. The number of nitrogens with two attached hydrogens (primary N) is 1. The molecule has 0 aliphatic rings. The van der Waals surface area contributed by atoms with Crippen molar-refractivity contribution in [2.45, 2.75) is 13.2 Å². The summed E-state index contributed by atoms with van der Waals surface area (Å²) in [5, 5.41) is 0. The predicted octanol–water partition coefficient (Wildman–Crippen LogP) is 2.32. The van der Waals surface area contributed by atoms with Crippen molar-refractivity contribution in [3.8, 4) is 5.75 Å². The van der Waals surface area contributed by atoms with E-state index in [0.717, 1.165) is 4.88 Å². The first kappa shape index (κ1) is 11.0. The lowest BCUT2D eigenvalue weighted by molar-refractivity contribution is 0.290. The van der Waals surface area contributed by atoms with E-state index in [2.05, 4.69) is 4.98 Å². The minimum absolute atomic E-state index is 0.235. The topological polar surface area (TPSA) is 48.1 Å². The van der Waals surface area contributed by atoms with Gasteiger partial charge in [-0.1, -0.05) is 12.1 Å². The van der Waals surface area contributed by atoms with Crippen molar-refractivity contribution in [1.29, 1.82) is 0 Å². The molecule has 2 aromatic rings. The summed E-state index contributed by atoms with van der Waals surface area (Å²) in [7, 11) is 0. The number of hydrogen-bond acceptors (Lipinski definition) is 4. The van der Waals surface area contributed by atoms with Crippen LogP contribution in [-0.4, -0.2) is 4.98 Å². The Morgan fingerprint density at radius 1 is 1.44 bits per heavy atom. The van der Waals surface area contributed by atoms with Gasteiger partial charge in [0.1, 0.15) is 6.61 Å². The molecule has 0 spiro atoms. The van der Waals surface area contributed by atoms with E-state index < -0.39 is 0 Å². The molecule has 1 heterocycles. The number of hydrogen-bond donors (Lipinski definition) is 1. The van der Waals surface area contributed by atoms with Crippen LogP contribution >= 0.6 is 11.3 Å². The summed E-state index contributed by atoms with van der Waals surface area (Å²) in [5.74, 6) is -0.147. The molecule has 1 aromatic carbocycles. The molecule has 3 nitrogen and oxygen atoms in total. The van der Waals surface area contributed by atoms with E-state index in [1.165, 1.54) is 17.4 Å². The molecule has 5 heteroatoms. The quantitative estimate of drug-likeness (QED) is 0.889. The van der Waals surface area contributed by atoms with E-state index in [1.54, 1.807) is 23.8 Å². The number of aromatic nitrogens is 1. The molecule has 2 rings (SSSR count). The Bertz CT molecular complexity index is 459. The minimum Gasteiger partial charge on any atom is -0.485 e. The van der Waals surface area contributed by atoms with Crippen LogP contribution in [0.1, 0.15) is 10.4 Å². The zero-order valence-corrected chi connectivity index (χ0v) is 9.34. The SMILES string of the molecule is NCc1cccc(F)c1OCc1cncs1. The second-order valence-corrected chi connectivity index (χ2v) is 4.16. The van der Waals surface area contributed by atoms with Gasteiger partial charge in [0.15, 0.2) is 11.6 Å². The highest BCUT2D eigenvalue weighted by atomic mass is 32.1. The number of benzene rings is 1. The number of rotatable bonds is 4. The van der Waals surface area contributed by atoms with E-state index in [-0.39, 0.29) is 18.1 Å². The Balaban J connectivity index is 2.14. The lowest BCUT2D eigenvalue weighted by Gasteiger charge is -2.09. The van der Waals surface area contributed by atoms with Crippen molar-refractivity contribution < 1.29 is 9.13 Å². The summed E-state index contributed by atoms with van der Waals surface area (Å²) in [4.78, 5) is 4.87. The zero-order valence-electron chi connectivity index (χ0n) is 8.52. The molecule has 0 atom stereocenters. The minimum atomic E-state index is -0.382. The molecular formula is C11H11FN2OS. The van der Waals surface area contributed by atoms with Crippen molar-refractivity contribution >= 4 is 11.3 Å². The Morgan fingerprint density at radius 3 is 3.00 bits per heavy atom. The van der Waals surface area contributed by atoms with Gasteiger partial charge in [-0.25, -0.2) is 4.39 Å². The highest BCUT2D eigenvalue weighted by molar-refractivity contribution is 7.09. The van der Waals surface area contributed by atoms with E-state index in [0.29, 0.717) is 12.2 Å². The third-order valence-corrected chi connectivity index (χ3v) is 2.86. The van der Waals surface area contributed by atoms with Crippen LogP contribution < -0.4 is 10.5 Å².